The molecule has 1 fully saturated rings. The number of H-pyrrole nitrogens is 1. The second-order valence-corrected chi connectivity index (χ2v) is 6.62. The SMILES string of the molecule is c1cncc(CN2CCC(n3[nH]nc4cnc5nccc5c43)CC2)c1. The number of hydrogen-bond donors (Lipinski definition) is 1. The minimum atomic E-state index is 0.427. The van der Waals surface area contributed by atoms with Crippen LogP contribution in [-0.4, -0.2) is 47.9 Å². The summed E-state index contributed by atoms with van der Waals surface area (Å²) >= 11 is 0. The normalized spacial score (nSPS) is 16.8. The average molecular weight is 333 g/mol. The Balaban J connectivity index is 1.37. The maximum atomic E-state index is 4.44. The molecule has 5 heterocycles. The maximum absolute atomic E-state index is 4.44. The molecule has 0 aromatic carbocycles. The second-order valence-electron chi connectivity index (χ2n) is 6.62. The van der Waals surface area contributed by atoms with Gasteiger partial charge in [-0.1, -0.05) is 6.07 Å². The van der Waals surface area contributed by atoms with Crippen molar-refractivity contribution < 1.29 is 0 Å². The van der Waals surface area contributed by atoms with Crippen molar-refractivity contribution in [1.82, 2.24) is 34.8 Å². The van der Waals surface area contributed by atoms with Crippen LogP contribution in [0.15, 0.2) is 43.0 Å². The molecule has 0 atom stereocenters. The van der Waals surface area contributed by atoms with Crippen LogP contribution in [0.5, 0.6) is 0 Å². The maximum Gasteiger partial charge on any atom is 0.161 e. The predicted molar refractivity (Wildman–Crippen MR) is 95.0 cm³/mol. The molecular formula is C18H19N7. The summed E-state index contributed by atoms with van der Waals surface area (Å²) in [5.41, 5.74) is 4.08. The van der Waals surface area contributed by atoms with E-state index in [2.05, 4.69) is 40.9 Å². The molecule has 0 radical (unpaired) electrons. The second kappa shape index (κ2) is 5.93. The standard InChI is InChI=1S/C18H19N7/c1-2-13(10-19-6-1)12-24-8-4-14(5-9-24)25-17-15-3-7-20-18(15)21-11-16(17)22-23-25/h1-3,6-7,10-11,14,23H,4-5,8-9,12H2. The summed E-state index contributed by atoms with van der Waals surface area (Å²) in [4.78, 5) is 15.4. The summed E-state index contributed by atoms with van der Waals surface area (Å²) in [6, 6.07) is 6.59. The van der Waals surface area contributed by atoms with Gasteiger partial charge in [0.1, 0.15) is 5.52 Å². The number of aromatic nitrogens is 6. The molecule has 0 spiro atoms. The summed E-state index contributed by atoms with van der Waals surface area (Å²) < 4.78 is 2.21. The summed E-state index contributed by atoms with van der Waals surface area (Å²) in [5, 5.41) is 8.71. The van der Waals surface area contributed by atoms with Gasteiger partial charge in [-0.3, -0.25) is 14.6 Å². The highest BCUT2D eigenvalue weighted by Crippen LogP contribution is 2.29. The Morgan fingerprint density at radius 2 is 2.00 bits per heavy atom. The lowest BCUT2D eigenvalue weighted by atomic mass is 10.0. The fourth-order valence-electron chi connectivity index (χ4n) is 3.78. The lowest BCUT2D eigenvalue weighted by Crippen LogP contribution is -2.34. The van der Waals surface area contributed by atoms with Gasteiger partial charge in [-0.05, 0) is 30.5 Å². The summed E-state index contributed by atoms with van der Waals surface area (Å²) in [7, 11) is 0. The molecule has 7 heteroatoms. The number of hydrogen-bond acceptors (Lipinski definition) is 5. The van der Waals surface area contributed by atoms with E-state index < -0.39 is 0 Å². The number of pyridine rings is 2. The monoisotopic (exact) mass is 333 g/mol. The van der Waals surface area contributed by atoms with E-state index >= 15 is 0 Å². The third-order valence-electron chi connectivity index (χ3n) is 5.06. The molecule has 0 saturated carbocycles. The third kappa shape index (κ3) is 2.56. The van der Waals surface area contributed by atoms with Crippen LogP contribution < -0.4 is 0 Å². The fourth-order valence-corrected chi connectivity index (χ4v) is 3.78. The number of piperidine rings is 1. The highest BCUT2D eigenvalue weighted by Gasteiger charge is 2.23. The van der Waals surface area contributed by atoms with Crippen molar-refractivity contribution in [3.8, 4) is 0 Å². The van der Waals surface area contributed by atoms with Gasteiger partial charge in [0.05, 0.1) is 17.8 Å². The molecule has 4 aromatic heterocycles. The van der Waals surface area contributed by atoms with E-state index in [9.17, 15) is 0 Å². The Bertz CT molecular complexity index is 996. The Kier molecular flexibility index (Phi) is 3.45. The lowest BCUT2D eigenvalue weighted by molar-refractivity contribution is 0.174. The summed E-state index contributed by atoms with van der Waals surface area (Å²) in [6.07, 6.45) is 9.58. The molecule has 0 bridgehead atoms. The van der Waals surface area contributed by atoms with Crippen LogP contribution in [0, 0.1) is 0 Å². The molecule has 25 heavy (non-hydrogen) atoms. The number of nitrogens with one attached hydrogen (secondary N) is 1. The van der Waals surface area contributed by atoms with Gasteiger partial charge >= 0.3 is 0 Å². The van der Waals surface area contributed by atoms with Gasteiger partial charge in [0.25, 0.3) is 0 Å². The van der Waals surface area contributed by atoms with Crippen molar-refractivity contribution in [2.75, 3.05) is 13.1 Å². The molecule has 4 aromatic rings. The van der Waals surface area contributed by atoms with Crippen LogP contribution in [0.2, 0.25) is 0 Å². The predicted octanol–water partition coefficient (Wildman–Crippen LogP) is 2.54. The van der Waals surface area contributed by atoms with E-state index in [1.165, 1.54) is 5.56 Å². The first-order valence-corrected chi connectivity index (χ1v) is 8.66. The first kappa shape index (κ1) is 14.5. The van der Waals surface area contributed by atoms with Crippen LogP contribution in [-0.2, 0) is 6.54 Å². The van der Waals surface area contributed by atoms with Crippen LogP contribution in [0.3, 0.4) is 0 Å². The Hall–Kier alpha value is -2.80. The van der Waals surface area contributed by atoms with E-state index in [-0.39, 0.29) is 0 Å². The number of likely N-dealkylation sites (tertiary alicyclic amines) is 1. The van der Waals surface area contributed by atoms with Gasteiger partial charge in [0, 0.05) is 43.6 Å². The van der Waals surface area contributed by atoms with Crippen LogP contribution >= 0.6 is 0 Å². The molecule has 0 aliphatic carbocycles. The third-order valence-corrected chi connectivity index (χ3v) is 5.06. The summed E-state index contributed by atoms with van der Waals surface area (Å²) in [5.74, 6) is 0. The van der Waals surface area contributed by atoms with Gasteiger partial charge in [-0.15, -0.1) is 0 Å². The Labute approximate surface area is 144 Å². The van der Waals surface area contributed by atoms with E-state index in [1.807, 2.05) is 30.7 Å². The Morgan fingerprint density at radius 3 is 2.84 bits per heavy atom. The highest BCUT2D eigenvalue weighted by atomic mass is 15.4. The molecule has 0 unspecified atom stereocenters. The first-order chi connectivity index (χ1) is 12.4. The summed E-state index contributed by atoms with van der Waals surface area (Å²) in [6.45, 7) is 3.11. The molecule has 1 N–H and O–H groups in total. The number of fused-ring (bicyclic) bond motifs is 3. The number of aromatic amines is 1. The lowest BCUT2D eigenvalue weighted by Gasteiger charge is -2.32. The molecule has 1 aliphatic rings. The van der Waals surface area contributed by atoms with Crippen molar-refractivity contribution in [3.05, 3.63) is 48.5 Å². The van der Waals surface area contributed by atoms with Crippen LogP contribution in [0.4, 0.5) is 0 Å². The zero-order valence-electron chi connectivity index (χ0n) is 13.8. The van der Waals surface area contributed by atoms with E-state index in [0.29, 0.717) is 6.04 Å². The van der Waals surface area contributed by atoms with E-state index in [1.54, 1.807) is 6.20 Å². The minimum absolute atomic E-state index is 0.427. The van der Waals surface area contributed by atoms with Gasteiger partial charge in [0.15, 0.2) is 5.65 Å². The zero-order valence-corrected chi connectivity index (χ0v) is 13.8. The quantitative estimate of drug-likeness (QED) is 0.623. The fraction of sp³-hybridized carbons (Fsp3) is 0.333. The van der Waals surface area contributed by atoms with Crippen molar-refractivity contribution in [2.45, 2.75) is 25.4 Å². The molecule has 126 valence electrons. The number of rotatable bonds is 3. The molecule has 1 saturated heterocycles. The van der Waals surface area contributed by atoms with E-state index in [4.69, 9.17) is 0 Å². The molecule has 5 rings (SSSR count). The molecule has 7 nitrogen and oxygen atoms in total. The number of nitrogens with zero attached hydrogens (tertiary/aromatic N) is 6. The first-order valence-electron chi connectivity index (χ1n) is 8.66. The highest BCUT2D eigenvalue weighted by molar-refractivity contribution is 6.00. The van der Waals surface area contributed by atoms with Gasteiger partial charge in [0.2, 0.25) is 0 Å². The van der Waals surface area contributed by atoms with Crippen molar-refractivity contribution >= 4 is 22.1 Å². The average Bonchev–Trinajstić information content (AvgIpc) is 3.29. The molecule has 0 amide bonds. The molecular weight excluding hydrogens is 314 g/mol. The van der Waals surface area contributed by atoms with E-state index in [0.717, 1.165) is 54.5 Å². The Morgan fingerprint density at radius 1 is 1.08 bits per heavy atom. The van der Waals surface area contributed by atoms with Crippen molar-refractivity contribution in [1.29, 1.82) is 0 Å². The van der Waals surface area contributed by atoms with Crippen molar-refractivity contribution in [3.63, 3.8) is 0 Å². The zero-order chi connectivity index (χ0) is 16.6. The van der Waals surface area contributed by atoms with Crippen LogP contribution in [0.1, 0.15) is 24.4 Å². The van der Waals surface area contributed by atoms with Crippen molar-refractivity contribution in [2.24, 2.45) is 0 Å². The van der Waals surface area contributed by atoms with Gasteiger partial charge in [-0.25, -0.2) is 15.2 Å². The molecule has 1 aliphatic heterocycles. The topological polar surface area (TPSA) is 75.5 Å². The largest absolute Gasteiger partial charge is 0.299 e. The van der Waals surface area contributed by atoms with Crippen LogP contribution in [0.25, 0.3) is 22.1 Å². The van der Waals surface area contributed by atoms with Gasteiger partial charge < -0.3 is 0 Å². The van der Waals surface area contributed by atoms with Gasteiger partial charge in [-0.2, -0.15) is 5.10 Å². The smallest absolute Gasteiger partial charge is 0.161 e. The minimum Gasteiger partial charge on any atom is -0.299 e.